The van der Waals surface area contributed by atoms with E-state index in [1.54, 1.807) is 12.2 Å². The Morgan fingerprint density at radius 1 is 1.19 bits per heavy atom. The summed E-state index contributed by atoms with van der Waals surface area (Å²) in [6.45, 7) is 2.03. The van der Waals surface area contributed by atoms with Crippen molar-refractivity contribution >= 4 is 29.2 Å². The molecule has 6 nitrogen and oxygen atoms in total. The molecule has 0 saturated carbocycles. The van der Waals surface area contributed by atoms with Gasteiger partial charge in [0.05, 0.1) is 17.7 Å². The molecule has 0 amide bonds. The molecule has 0 unspecified atom stereocenters. The minimum Gasteiger partial charge on any atom is -0.865 e. The van der Waals surface area contributed by atoms with Crippen molar-refractivity contribution in [3.05, 3.63) is 68.0 Å². The Kier molecular flexibility index (Phi) is 4.99. The van der Waals surface area contributed by atoms with Crippen molar-refractivity contribution < 1.29 is 14.8 Å². The molecule has 1 aromatic heterocycles. The van der Waals surface area contributed by atoms with Crippen LogP contribution in [0.3, 0.4) is 0 Å². The summed E-state index contributed by atoms with van der Waals surface area (Å²) in [6.07, 6.45) is 3.43. The van der Waals surface area contributed by atoms with Crippen LogP contribution in [0, 0.1) is 17.0 Å². The van der Waals surface area contributed by atoms with Gasteiger partial charge in [-0.1, -0.05) is 35.9 Å². The Balaban J connectivity index is 1.87. The number of nitro groups is 1. The van der Waals surface area contributed by atoms with E-state index in [2.05, 4.69) is 4.98 Å². The lowest BCUT2D eigenvalue weighted by molar-refractivity contribution is -0.398. The van der Waals surface area contributed by atoms with Gasteiger partial charge in [-0.25, -0.2) is 4.98 Å². The highest BCUT2D eigenvalue weighted by Gasteiger charge is 2.12. The van der Waals surface area contributed by atoms with E-state index in [9.17, 15) is 15.2 Å². The first-order valence-electron chi connectivity index (χ1n) is 7.72. The zero-order chi connectivity index (χ0) is 18.7. The van der Waals surface area contributed by atoms with Crippen LogP contribution in [0.15, 0.2) is 41.8 Å². The van der Waals surface area contributed by atoms with Crippen LogP contribution in [0.1, 0.15) is 16.1 Å². The molecule has 132 valence electrons. The number of benzene rings is 2. The Bertz CT molecular complexity index is 978. The number of rotatable bonds is 5. The van der Waals surface area contributed by atoms with Crippen molar-refractivity contribution in [1.29, 1.82) is 0 Å². The van der Waals surface area contributed by atoms with Crippen molar-refractivity contribution in [2.75, 3.05) is 7.11 Å². The summed E-state index contributed by atoms with van der Waals surface area (Å²) < 4.78 is 4.94. The first kappa shape index (κ1) is 17.6. The van der Waals surface area contributed by atoms with Gasteiger partial charge in [-0.05, 0) is 24.6 Å². The topological polar surface area (TPSA) is 88.3 Å². The zero-order valence-corrected chi connectivity index (χ0v) is 14.9. The van der Waals surface area contributed by atoms with E-state index in [1.165, 1.54) is 36.1 Å². The lowest BCUT2D eigenvalue weighted by Crippen LogP contribution is -2.01. The number of hydrogen-bond donors (Lipinski definition) is 0. The fourth-order valence-corrected chi connectivity index (χ4v) is 3.10. The van der Waals surface area contributed by atoms with Crippen LogP contribution in [0.25, 0.3) is 23.4 Å². The molecule has 3 aromatic rings. The van der Waals surface area contributed by atoms with Gasteiger partial charge in [-0.15, -0.1) is 11.3 Å². The van der Waals surface area contributed by atoms with E-state index in [0.29, 0.717) is 5.56 Å². The minimum atomic E-state index is -0.731. The average molecular weight is 367 g/mol. The largest absolute Gasteiger partial charge is 0.865 e. The Morgan fingerprint density at radius 2 is 1.92 bits per heavy atom. The summed E-state index contributed by atoms with van der Waals surface area (Å²) in [5, 5.41) is 25.6. The first-order chi connectivity index (χ1) is 12.5. The van der Waals surface area contributed by atoms with Gasteiger partial charge >= 0.3 is 0 Å². The number of aryl methyl sites for hydroxylation is 1. The van der Waals surface area contributed by atoms with E-state index < -0.39 is 16.4 Å². The highest BCUT2D eigenvalue weighted by Crippen LogP contribution is 2.35. The second-order valence-electron chi connectivity index (χ2n) is 5.60. The van der Waals surface area contributed by atoms with Gasteiger partial charge in [0.2, 0.25) is 0 Å². The van der Waals surface area contributed by atoms with Crippen LogP contribution in [0.4, 0.5) is 5.69 Å². The fourth-order valence-electron chi connectivity index (χ4n) is 2.38. The maximum Gasteiger partial charge on any atom is 0.266 e. The van der Waals surface area contributed by atoms with Crippen LogP contribution in [0.5, 0.6) is 11.5 Å². The van der Waals surface area contributed by atoms with Crippen molar-refractivity contribution in [1.82, 2.24) is 4.98 Å². The molecule has 0 saturated heterocycles. The van der Waals surface area contributed by atoms with E-state index in [0.717, 1.165) is 16.3 Å². The zero-order valence-electron chi connectivity index (χ0n) is 14.1. The smallest absolute Gasteiger partial charge is 0.266 e. The summed E-state index contributed by atoms with van der Waals surface area (Å²) in [5.74, 6) is -0.788. The van der Waals surface area contributed by atoms with Gasteiger partial charge in [0.25, 0.3) is 5.69 Å². The summed E-state index contributed by atoms with van der Waals surface area (Å²) in [6, 6.07) is 10.8. The van der Waals surface area contributed by atoms with Gasteiger partial charge in [0.15, 0.2) is 0 Å². The quantitative estimate of drug-likeness (QED) is 0.496. The van der Waals surface area contributed by atoms with Crippen molar-refractivity contribution in [2.45, 2.75) is 6.92 Å². The van der Waals surface area contributed by atoms with Crippen LogP contribution in [-0.4, -0.2) is 17.0 Å². The summed E-state index contributed by atoms with van der Waals surface area (Å²) >= 11 is 1.47. The van der Waals surface area contributed by atoms with Gasteiger partial charge in [0, 0.05) is 22.8 Å². The van der Waals surface area contributed by atoms with Gasteiger partial charge in [-0.2, -0.15) is 0 Å². The third-order valence-electron chi connectivity index (χ3n) is 3.76. The minimum absolute atomic E-state index is 0.0571. The molecule has 3 rings (SSSR count). The van der Waals surface area contributed by atoms with Gasteiger partial charge in [-0.3, -0.25) is 10.1 Å². The summed E-state index contributed by atoms with van der Waals surface area (Å²) in [7, 11) is 1.31. The number of nitro benzene ring substituents is 1. The maximum absolute atomic E-state index is 11.9. The molecule has 2 aromatic carbocycles. The van der Waals surface area contributed by atoms with Crippen LogP contribution < -0.4 is 9.84 Å². The molecule has 7 heteroatoms. The SMILES string of the molecule is COc1cc(/C=C/c2nc(-c3ccc(C)cc3)cs2)cc([N+](=O)[O-])c1[O-]. The first-order valence-corrected chi connectivity index (χ1v) is 8.60. The number of thiazole rings is 1. The standard InChI is InChI=1S/C19H16N2O4S/c1-12-3-6-14(7-4-12)15-11-26-18(20-15)8-5-13-9-16(21(23)24)19(22)17(10-13)25-2/h3-11,22H,1-2H3/p-1/b8-5+. The van der Waals surface area contributed by atoms with Crippen molar-refractivity contribution in [3.63, 3.8) is 0 Å². The Morgan fingerprint density at radius 3 is 2.58 bits per heavy atom. The summed E-state index contributed by atoms with van der Waals surface area (Å²) in [4.78, 5) is 14.9. The molecule has 0 fully saturated rings. The second-order valence-corrected chi connectivity index (χ2v) is 6.49. The van der Waals surface area contributed by atoms with E-state index in [4.69, 9.17) is 4.74 Å². The second kappa shape index (κ2) is 7.37. The molecule has 0 spiro atoms. The highest BCUT2D eigenvalue weighted by molar-refractivity contribution is 7.10. The molecule has 0 radical (unpaired) electrons. The third kappa shape index (κ3) is 3.73. The van der Waals surface area contributed by atoms with Gasteiger partial charge in [0.1, 0.15) is 10.8 Å². The fraction of sp³-hybridized carbons (Fsp3) is 0.105. The monoisotopic (exact) mass is 367 g/mol. The average Bonchev–Trinajstić information content (AvgIpc) is 3.10. The molecule has 0 atom stereocenters. The van der Waals surface area contributed by atoms with Crippen LogP contribution in [0.2, 0.25) is 0 Å². The maximum atomic E-state index is 11.9. The number of nitrogens with zero attached hydrogens (tertiary/aromatic N) is 2. The molecular weight excluding hydrogens is 352 g/mol. The van der Waals surface area contributed by atoms with Crippen LogP contribution >= 0.6 is 11.3 Å². The molecule has 1 heterocycles. The predicted octanol–water partition coefficient (Wildman–Crippen LogP) is 4.28. The molecule has 0 N–H and O–H groups in total. The van der Waals surface area contributed by atoms with Crippen LogP contribution in [-0.2, 0) is 0 Å². The Labute approximate surface area is 154 Å². The number of aromatic nitrogens is 1. The van der Waals surface area contributed by atoms with E-state index in [-0.39, 0.29) is 5.75 Å². The predicted molar refractivity (Wildman–Crippen MR) is 100 cm³/mol. The molecule has 26 heavy (non-hydrogen) atoms. The van der Waals surface area contributed by atoms with E-state index >= 15 is 0 Å². The Hall–Kier alpha value is -3.19. The lowest BCUT2D eigenvalue weighted by Gasteiger charge is -2.13. The number of hydrogen-bond acceptors (Lipinski definition) is 6. The number of methoxy groups -OCH3 is 1. The molecule has 0 aliphatic rings. The highest BCUT2D eigenvalue weighted by atomic mass is 32.1. The normalized spacial score (nSPS) is 11.0. The molecule has 0 aliphatic carbocycles. The van der Waals surface area contributed by atoms with Gasteiger partial charge < -0.3 is 9.84 Å². The third-order valence-corrected chi connectivity index (χ3v) is 4.57. The number of ether oxygens (including phenoxy) is 1. The van der Waals surface area contributed by atoms with Crippen molar-refractivity contribution in [3.8, 4) is 22.8 Å². The lowest BCUT2D eigenvalue weighted by atomic mass is 10.1. The summed E-state index contributed by atoms with van der Waals surface area (Å²) in [5.41, 5.74) is 3.07. The molecular formula is C19H15N2O4S-. The van der Waals surface area contributed by atoms with E-state index in [1.807, 2.05) is 36.6 Å². The molecule has 0 aliphatic heterocycles. The van der Waals surface area contributed by atoms with Crippen molar-refractivity contribution in [2.24, 2.45) is 0 Å². The molecule has 0 bridgehead atoms.